The summed E-state index contributed by atoms with van der Waals surface area (Å²) >= 11 is 0. The molecule has 1 aliphatic rings. The van der Waals surface area contributed by atoms with Gasteiger partial charge in [-0.15, -0.1) is 0 Å². The summed E-state index contributed by atoms with van der Waals surface area (Å²) in [7, 11) is 1.33. The molecule has 1 heterocycles. The maximum Gasteiger partial charge on any atom is 0.333 e. The minimum atomic E-state index is -0.531. The number of methoxy groups -OCH3 is 1. The van der Waals surface area contributed by atoms with Gasteiger partial charge in [0, 0.05) is 12.1 Å². The number of benzene rings is 1. The second-order valence-corrected chi connectivity index (χ2v) is 4.56. The average molecular weight is 275 g/mol. The standard InChI is InChI=1S/C15H17NO4/c1-10(15(18)19-3)8-9-16-12-6-4-5-7-13(12)20-11(2)14(16)17/h4-8,11H,9H2,1-3H3. The van der Waals surface area contributed by atoms with Gasteiger partial charge in [-0.05, 0) is 26.0 Å². The Hall–Kier alpha value is -2.30. The fraction of sp³-hybridized carbons (Fsp3) is 0.333. The van der Waals surface area contributed by atoms with Crippen LogP contribution in [0.25, 0.3) is 0 Å². The topological polar surface area (TPSA) is 55.8 Å². The lowest BCUT2D eigenvalue weighted by Crippen LogP contribution is -2.44. The maximum absolute atomic E-state index is 12.2. The van der Waals surface area contributed by atoms with E-state index in [1.54, 1.807) is 24.8 Å². The van der Waals surface area contributed by atoms with Crippen LogP contribution in [-0.2, 0) is 14.3 Å². The van der Waals surface area contributed by atoms with Crippen LogP contribution in [0.1, 0.15) is 13.8 Å². The van der Waals surface area contributed by atoms with E-state index in [4.69, 9.17) is 4.74 Å². The van der Waals surface area contributed by atoms with Gasteiger partial charge in [0.2, 0.25) is 0 Å². The molecule has 106 valence electrons. The minimum absolute atomic E-state index is 0.127. The molecule has 1 aliphatic heterocycles. The first-order valence-corrected chi connectivity index (χ1v) is 6.36. The molecule has 1 atom stereocenters. The van der Waals surface area contributed by atoms with E-state index in [1.165, 1.54) is 7.11 Å². The lowest BCUT2D eigenvalue weighted by atomic mass is 10.1. The van der Waals surface area contributed by atoms with Crippen LogP contribution in [-0.4, -0.2) is 31.6 Å². The zero-order chi connectivity index (χ0) is 14.7. The van der Waals surface area contributed by atoms with Crippen molar-refractivity contribution in [3.05, 3.63) is 35.9 Å². The van der Waals surface area contributed by atoms with Gasteiger partial charge in [-0.25, -0.2) is 4.79 Å². The van der Waals surface area contributed by atoms with E-state index in [1.807, 2.05) is 24.3 Å². The first-order chi connectivity index (χ1) is 9.54. The molecule has 1 aromatic rings. The quantitative estimate of drug-likeness (QED) is 0.624. The van der Waals surface area contributed by atoms with Gasteiger partial charge in [0.15, 0.2) is 6.10 Å². The summed E-state index contributed by atoms with van der Waals surface area (Å²) < 4.78 is 10.2. The SMILES string of the molecule is COC(=O)C(C)=CCN1C(=O)C(C)Oc2ccccc21. The van der Waals surface area contributed by atoms with E-state index in [0.717, 1.165) is 0 Å². The van der Waals surface area contributed by atoms with E-state index in [2.05, 4.69) is 4.74 Å². The summed E-state index contributed by atoms with van der Waals surface area (Å²) in [6, 6.07) is 7.34. The smallest absolute Gasteiger partial charge is 0.333 e. The second-order valence-electron chi connectivity index (χ2n) is 4.56. The van der Waals surface area contributed by atoms with Gasteiger partial charge in [-0.1, -0.05) is 18.2 Å². The van der Waals surface area contributed by atoms with E-state index in [9.17, 15) is 9.59 Å². The number of carbonyl (C=O) groups excluding carboxylic acids is 2. The molecule has 5 nitrogen and oxygen atoms in total. The molecule has 0 aromatic heterocycles. The van der Waals surface area contributed by atoms with Crippen LogP contribution in [0.2, 0.25) is 0 Å². The van der Waals surface area contributed by atoms with Crippen molar-refractivity contribution in [2.24, 2.45) is 0 Å². The Kier molecular flexibility index (Phi) is 4.08. The molecule has 0 saturated heterocycles. The van der Waals surface area contributed by atoms with Crippen LogP contribution in [0.5, 0.6) is 5.75 Å². The second kappa shape index (κ2) is 5.77. The Balaban J connectivity index is 2.26. The van der Waals surface area contributed by atoms with Gasteiger partial charge in [0.05, 0.1) is 12.8 Å². The van der Waals surface area contributed by atoms with E-state index in [-0.39, 0.29) is 5.91 Å². The van der Waals surface area contributed by atoms with Gasteiger partial charge < -0.3 is 14.4 Å². The zero-order valence-electron chi connectivity index (χ0n) is 11.8. The summed E-state index contributed by atoms with van der Waals surface area (Å²) in [5.41, 5.74) is 1.18. The number of fused-ring (bicyclic) bond motifs is 1. The number of nitrogens with zero attached hydrogens (tertiary/aromatic N) is 1. The third-order valence-corrected chi connectivity index (χ3v) is 3.16. The van der Waals surface area contributed by atoms with Crippen molar-refractivity contribution in [1.29, 1.82) is 0 Å². The van der Waals surface area contributed by atoms with Crippen molar-refractivity contribution in [2.45, 2.75) is 20.0 Å². The molecule has 0 saturated carbocycles. The van der Waals surface area contributed by atoms with Gasteiger partial charge in [0.25, 0.3) is 5.91 Å². The van der Waals surface area contributed by atoms with E-state index >= 15 is 0 Å². The van der Waals surface area contributed by atoms with Crippen LogP contribution < -0.4 is 9.64 Å². The third kappa shape index (κ3) is 2.66. The largest absolute Gasteiger partial charge is 0.479 e. The number of esters is 1. The highest BCUT2D eigenvalue weighted by atomic mass is 16.5. The molecule has 20 heavy (non-hydrogen) atoms. The summed E-state index contributed by atoms with van der Waals surface area (Å²) in [6.45, 7) is 3.68. The number of carbonyl (C=O) groups is 2. The lowest BCUT2D eigenvalue weighted by Gasteiger charge is -2.32. The van der Waals surface area contributed by atoms with Crippen molar-refractivity contribution in [2.75, 3.05) is 18.6 Å². The van der Waals surface area contributed by atoms with E-state index < -0.39 is 12.1 Å². The minimum Gasteiger partial charge on any atom is -0.479 e. The van der Waals surface area contributed by atoms with Crippen molar-refractivity contribution in [3.8, 4) is 5.75 Å². The first-order valence-electron chi connectivity index (χ1n) is 6.36. The number of para-hydroxylation sites is 2. The zero-order valence-corrected chi connectivity index (χ0v) is 11.8. The summed E-state index contributed by atoms with van der Waals surface area (Å²) in [6.07, 6.45) is 1.15. The monoisotopic (exact) mass is 275 g/mol. The number of rotatable bonds is 3. The molecule has 1 aromatic carbocycles. The summed E-state index contributed by atoms with van der Waals surface area (Å²) in [5, 5.41) is 0. The van der Waals surface area contributed by atoms with Gasteiger partial charge in [0.1, 0.15) is 5.75 Å². The van der Waals surface area contributed by atoms with Crippen molar-refractivity contribution in [3.63, 3.8) is 0 Å². The van der Waals surface area contributed by atoms with Gasteiger partial charge in [-0.2, -0.15) is 0 Å². The van der Waals surface area contributed by atoms with Crippen LogP contribution in [0, 0.1) is 0 Å². The molecular formula is C15H17NO4. The summed E-state index contributed by atoms with van der Waals surface area (Å²) in [4.78, 5) is 25.2. The molecular weight excluding hydrogens is 258 g/mol. The fourth-order valence-corrected chi connectivity index (χ4v) is 2.02. The highest BCUT2D eigenvalue weighted by Gasteiger charge is 2.30. The number of hydrogen-bond donors (Lipinski definition) is 0. The average Bonchev–Trinajstić information content (AvgIpc) is 2.46. The highest BCUT2D eigenvalue weighted by Crippen LogP contribution is 2.33. The Morgan fingerprint density at radius 2 is 2.15 bits per heavy atom. The lowest BCUT2D eigenvalue weighted by molar-refractivity contribution is -0.136. The molecule has 0 fully saturated rings. The Morgan fingerprint density at radius 3 is 2.85 bits per heavy atom. The van der Waals surface area contributed by atoms with Gasteiger partial charge >= 0.3 is 5.97 Å². The normalized spacial score (nSPS) is 18.4. The third-order valence-electron chi connectivity index (χ3n) is 3.16. The van der Waals surface area contributed by atoms with Crippen molar-refractivity contribution in [1.82, 2.24) is 0 Å². The van der Waals surface area contributed by atoms with Crippen molar-refractivity contribution < 1.29 is 19.1 Å². The molecule has 0 aliphatic carbocycles. The fourth-order valence-electron chi connectivity index (χ4n) is 2.02. The molecule has 2 rings (SSSR count). The van der Waals surface area contributed by atoms with E-state index in [0.29, 0.717) is 23.6 Å². The predicted molar refractivity (Wildman–Crippen MR) is 74.7 cm³/mol. The van der Waals surface area contributed by atoms with Crippen LogP contribution in [0.3, 0.4) is 0 Å². The molecule has 1 unspecified atom stereocenters. The van der Waals surface area contributed by atoms with Gasteiger partial charge in [-0.3, -0.25) is 4.79 Å². The Labute approximate surface area is 117 Å². The molecule has 1 amide bonds. The molecule has 0 spiro atoms. The molecule has 0 bridgehead atoms. The van der Waals surface area contributed by atoms with Crippen LogP contribution in [0.4, 0.5) is 5.69 Å². The summed E-state index contributed by atoms with van der Waals surface area (Å²) in [5.74, 6) is 0.147. The molecule has 0 radical (unpaired) electrons. The van der Waals surface area contributed by atoms with Crippen molar-refractivity contribution >= 4 is 17.6 Å². The number of ether oxygens (including phenoxy) is 2. The number of hydrogen-bond acceptors (Lipinski definition) is 4. The number of anilines is 1. The first kappa shape index (κ1) is 14.1. The Morgan fingerprint density at radius 1 is 1.45 bits per heavy atom. The van der Waals surface area contributed by atoms with Crippen LogP contribution in [0.15, 0.2) is 35.9 Å². The molecule has 0 N–H and O–H groups in total. The Bertz CT molecular complexity index is 565. The predicted octanol–water partition coefficient (Wildman–Crippen LogP) is 1.92. The number of amides is 1. The maximum atomic E-state index is 12.2. The highest BCUT2D eigenvalue weighted by molar-refractivity contribution is 6.00. The molecule has 5 heteroatoms. The van der Waals surface area contributed by atoms with Crippen LogP contribution >= 0.6 is 0 Å².